The summed E-state index contributed by atoms with van der Waals surface area (Å²) in [4.78, 5) is 11.1. The standard InChI is InChI=1S/C10H19F3N2O2/c1-2-4-15-9(16)7-14-5-3-6-17-8-10(11,12)13/h14H,2-8H2,1H3,(H,15,16). The summed E-state index contributed by atoms with van der Waals surface area (Å²) in [6.45, 7) is 2.03. The smallest absolute Gasteiger partial charge is 0.372 e. The average molecular weight is 256 g/mol. The molecule has 0 heterocycles. The molecule has 0 saturated heterocycles. The van der Waals surface area contributed by atoms with E-state index in [4.69, 9.17) is 0 Å². The molecule has 102 valence electrons. The lowest BCUT2D eigenvalue weighted by atomic mass is 10.4. The van der Waals surface area contributed by atoms with Gasteiger partial charge in [-0.1, -0.05) is 6.92 Å². The number of alkyl halides is 3. The number of hydrogen-bond donors (Lipinski definition) is 2. The minimum atomic E-state index is -4.27. The highest BCUT2D eigenvalue weighted by Gasteiger charge is 2.27. The van der Waals surface area contributed by atoms with E-state index in [2.05, 4.69) is 15.4 Å². The van der Waals surface area contributed by atoms with Crippen molar-refractivity contribution < 1.29 is 22.7 Å². The molecule has 2 N–H and O–H groups in total. The van der Waals surface area contributed by atoms with E-state index < -0.39 is 12.8 Å². The topological polar surface area (TPSA) is 50.4 Å². The number of amides is 1. The van der Waals surface area contributed by atoms with E-state index in [0.717, 1.165) is 6.42 Å². The highest BCUT2D eigenvalue weighted by molar-refractivity contribution is 5.77. The van der Waals surface area contributed by atoms with Gasteiger partial charge in [-0.3, -0.25) is 4.79 Å². The van der Waals surface area contributed by atoms with E-state index in [9.17, 15) is 18.0 Å². The van der Waals surface area contributed by atoms with Crippen LogP contribution < -0.4 is 10.6 Å². The molecule has 0 radical (unpaired) electrons. The molecule has 0 aromatic heterocycles. The zero-order valence-corrected chi connectivity index (χ0v) is 9.90. The van der Waals surface area contributed by atoms with Gasteiger partial charge in [0.15, 0.2) is 0 Å². The minimum absolute atomic E-state index is 0.0308. The SMILES string of the molecule is CCCNC(=O)CNCCCOCC(F)(F)F. The molecule has 0 aliphatic rings. The number of rotatable bonds is 9. The molecule has 0 aromatic carbocycles. The number of ether oxygens (including phenoxy) is 1. The van der Waals surface area contributed by atoms with Crippen LogP contribution in [0.4, 0.5) is 13.2 Å². The van der Waals surface area contributed by atoms with Crippen LogP contribution in [0.25, 0.3) is 0 Å². The lowest BCUT2D eigenvalue weighted by Gasteiger charge is -2.08. The molecule has 1 amide bonds. The summed E-state index contributed by atoms with van der Waals surface area (Å²) < 4.78 is 39.4. The van der Waals surface area contributed by atoms with Crippen molar-refractivity contribution in [1.29, 1.82) is 0 Å². The predicted molar refractivity (Wildman–Crippen MR) is 57.7 cm³/mol. The summed E-state index contributed by atoms with van der Waals surface area (Å²) in [6, 6.07) is 0. The van der Waals surface area contributed by atoms with E-state index >= 15 is 0 Å². The first-order valence-corrected chi connectivity index (χ1v) is 5.57. The first-order valence-electron chi connectivity index (χ1n) is 5.57. The van der Waals surface area contributed by atoms with Gasteiger partial charge in [0.05, 0.1) is 6.54 Å². The Balaban J connectivity index is 3.21. The van der Waals surface area contributed by atoms with Gasteiger partial charge in [-0.15, -0.1) is 0 Å². The summed E-state index contributed by atoms with van der Waals surface area (Å²) in [5.74, 6) is -0.108. The summed E-state index contributed by atoms with van der Waals surface area (Å²) in [6.07, 6.45) is -2.96. The molecule has 17 heavy (non-hydrogen) atoms. The van der Waals surface area contributed by atoms with Crippen molar-refractivity contribution in [2.75, 3.05) is 32.8 Å². The summed E-state index contributed by atoms with van der Waals surface area (Å²) in [7, 11) is 0. The lowest BCUT2D eigenvalue weighted by Crippen LogP contribution is -2.34. The van der Waals surface area contributed by atoms with Crippen LogP contribution >= 0.6 is 0 Å². The Hall–Kier alpha value is -0.820. The fourth-order valence-electron chi connectivity index (χ4n) is 1.02. The molecule has 0 rings (SSSR count). The third-order valence-corrected chi connectivity index (χ3v) is 1.77. The predicted octanol–water partition coefficient (Wildman–Crippen LogP) is 1.07. The van der Waals surface area contributed by atoms with Crippen LogP contribution in [-0.2, 0) is 9.53 Å². The molecule has 4 nitrogen and oxygen atoms in total. The van der Waals surface area contributed by atoms with Crippen molar-refractivity contribution in [2.45, 2.75) is 25.9 Å². The molecular formula is C10H19F3N2O2. The van der Waals surface area contributed by atoms with Crippen LogP contribution in [0, 0.1) is 0 Å². The van der Waals surface area contributed by atoms with Crippen LogP contribution in [-0.4, -0.2) is 44.9 Å². The maximum absolute atomic E-state index is 11.7. The summed E-state index contributed by atoms with van der Waals surface area (Å²) >= 11 is 0. The van der Waals surface area contributed by atoms with Crippen molar-refractivity contribution in [3.8, 4) is 0 Å². The van der Waals surface area contributed by atoms with Gasteiger partial charge in [-0.25, -0.2) is 0 Å². The highest BCUT2D eigenvalue weighted by Crippen LogP contribution is 2.14. The second-order valence-electron chi connectivity index (χ2n) is 3.55. The number of carbonyl (C=O) groups is 1. The Morgan fingerprint density at radius 3 is 2.59 bits per heavy atom. The molecule has 0 aliphatic heterocycles. The van der Waals surface area contributed by atoms with Crippen LogP contribution in [0.15, 0.2) is 0 Å². The molecule has 7 heteroatoms. The van der Waals surface area contributed by atoms with Crippen molar-refractivity contribution >= 4 is 5.91 Å². The van der Waals surface area contributed by atoms with Crippen molar-refractivity contribution in [3.05, 3.63) is 0 Å². The minimum Gasteiger partial charge on any atom is -0.372 e. The van der Waals surface area contributed by atoms with Crippen molar-refractivity contribution in [3.63, 3.8) is 0 Å². The highest BCUT2D eigenvalue weighted by atomic mass is 19.4. The first-order chi connectivity index (χ1) is 7.95. The van der Waals surface area contributed by atoms with Gasteiger partial charge in [0.1, 0.15) is 6.61 Å². The Bertz CT molecular complexity index is 210. The molecule has 0 aliphatic carbocycles. The lowest BCUT2D eigenvalue weighted by molar-refractivity contribution is -0.173. The van der Waals surface area contributed by atoms with Crippen LogP contribution in [0.5, 0.6) is 0 Å². The second-order valence-corrected chi connectivity index (χ2v) is 3.55. The first kappa shape index (κ1) is 16.2. The number of hydrogen-bond acceptors (Lipinski definition) is 3. The normalized spacial score (nSPS) is 11.5. The third-order valence-electron chi connectivity index (χ3n) is 1.77. The molecule has 0 fully saturated rings. The van der Waals surface area contributed by atoms with E-state index in [1.165, 1.54) is 0 Å². The Labute approximate surface area is 98.9 Å². The molecule has 0 atom stereocenters. The number of nitrogens with one attached hydrogen (secondary N) is 2. The van der Waals surface area contributed by atoms with Gasteiger partial charge in [0, 0.05) is 13.2 Å². The fourth-order valence-corrected chi connectivity index (χ4v) is 1.02. The monoisotopic (exact) mass is 256 g/mol. The van der Waals surface area contributed by atoms with E-state index in [0.29, 0.717) is 19.5 Å². The second kappa shape index (κ2) is 9.23. The molecular weight excluding hydrogens is 237 g/mol. The molecule has 0 unspecified atom stereocenters. The van der Waals surface area contributed by atoms with Crippen LogP contribution in [0.2, 0.25) is 0 Å². The van der Waals surface area contributed by atoms with Crippen molar-refractivity contribution in [1.82, 2.24) is 10.6 Å². The zero-order valence-electron chi connectivity index (χ0n) is 9.90. The molecule has 0 spiro atoms. The van der Waals surface area contributed by atoms with E-state index in [1.807, 2.05) is 6.92 Å². The van der Waals surface area contributed by atoms with E-state index in [-0.39, 0.29) is 19.1 Å². The third kappa shape index (κ3) is 13.1. The number of carbonyl (C=O) groups excluding carboxylic acids is 1. The molecule has 0 aromatic rings. The van der Waals surface area contributed by atoms with Gasteiger partial charge >= 0.3 is 6.18 Å². The van der Waals surface area contributed by atoms with Gasteiger partial charge in [0.2, 0.25) is 5.91 Å². The maximum atomic E-state index is 11.7. The van der Waals surface area contributed by atoms with Gasteiger partial charge < -0.3 is 15.4 Å². The van der Waals surface area contributed by atoms with E-state index in [1.54, 1.807) is 0 Å². The van der Waals surface area contributed by atoms with Gasteiger partial charge in [-0.2, -0.15) is 13.2 Å². The molecule has 0 bridgehead atoms. The van der Waals surface area contributed by atoms with Crippen LogP contribution in [0.3, 0.4) is 0 Å². The Kier molecular flexibility index (Phi) is 8.79. The largest absolute Gasteiger partial charge is 0.411 e. The summed E-state index contributed by atoms with van der Waals surface area (Å²) in [5, 5.41) is 5.49. The quantitative estimate of drug-likeness (QED) is 0.607. The van der Waals surface area contributed by atoms with Gasteiger partial charge in [-0.05, 0) is 19.4 Å². The Morgan fingerprint density at radius 2 is 2.00 bits per heavy atom. The van der Waals surface area contributed by atoms with Crippen molar-refractivity contribution in [2.24, 2.45) is 0 Å². The average Bonchev–Trinajstić information content (AvgIpc) is 2.23. The number of halogens is 3. The Morgan fingerprint density at radius 1 is 1.29 bits per heavy atom. The molecule has 0 saturated carbocycles. The summed E-state index contributed by atoms with van der Waals surface area (Å²) in [5.41, 5.74) is 0. The van der Waals surface area contributed by atoms with Crippen LogP contribution in [0.1, 0.15) is 19.8 Å². The van der Waals surface area contributed by atoms with Gasteiger partial charge in [0.25, 0.3) is 0 Å². The maximum Gasteiger partial charge on any atom is 0.411 e. The zero-order chi connectivity index (χ0) is 13.1. The fraction of sp³-hybridized carbons (Fsp3) is 0.900.